The van der Waals surface area contributed by atoms with Crippen molar-refractivity contribution < 1.29 is 59.5 Å². The lowest BCUT2D eigenvalue weighted by atomic mass is 9.83. The number of rotatable bonds is 10. The molecule has 244 valence electrons. The molecule has 2 aliphatic heterocycles. The van der Waals surface area contributed by atoms with E-state index in [1.165, 1.54) is 0 Å². The molecule has 20 nitrogen and oxygen atoms in total. The minimum atomic E-state index is -1.73. The second-order valence-corrected chi connectivity index (χ2v) is 10.5. The molecule has 1 aliphatic carbocycles. The first-order chi connectivity index (χ1) is 19.7. The maximum Gasteiger partial charge on any atom is 0.250 e. The number of nitrogens with zero attached hydrogens (tertiary/aromatic N) is 1. The minimum absolute atomic E-state index is 0.151. The van der Waals surface area contributed by atoms with E-state index in [1.54, 1.807) is 0 Å². The summed E-state index contributed by atoms with van der Waals surface area (Å²) < 4.78 is 23.0. The van der Waals surface area contributed by atoms with Crippen molar-refractivity contribution in [2.24, 2.45) is 39.4 Å². The van der Waals surface area contributed by atoms with Crippen molar-refractivity contribution in [1.29, 1.82) is 0 Å². The summed E-state index contributed by atoms with van der Waals surface area (Å²) >= 11 is 0. The van der Waals surface area contributed by atoms with E-state index in [2.05, 4.69) is 10.3 Å². The fourth-order valence-electron chi connectivity index (χ4n) is 5.19. The van der Waals surface area contributed by atoms with E-state index in [-0.39, 0.29) is 13.0 Å². The van der Waals surface area contributed by atoms with Crippen molar-refractivity contribution >= 4 is 11.9 Å². The van der Waals surface area contributed by atoms with E-state index in [1.807, 2.05) is 0 Å². The largest absolute Gasteiger partial charge is 0.394 e. The second-order valence-electron chi connectivity index (χ2n) is 10.5. The van der Waals surface area contributed by atoms with Crippen molar-refractivity contribution in [3.05, 3.63) is 0 Å². The number of nitrogens with two attached hydrogens (primary N) is 6. The number of hydrogen-bond donors (Lipinski definition) is 14. The maximum absolute atomic E-state index is 12.5. The Hall–Kier alpha value is -1.86. The molecule has 42 heavy (non-hydrogen) atoms. The van der Waals surface area contributed by atoms with Crippen LogP contribution in [0.3, 0.4) is 0 Å². The smallest absolute Gasteiger partial charge is 0.250 e. The zero-order chi connectivity index (χ0) is 31.5. The summed E-state index contributed by atoms with van der Waals surface area (Å²) in [5.74, 6) is -1.38. The van der Waals surface area contributed by atoms with Gasteiger partial charge in [-0.15, -0.1) is 0 Å². The van der Waals surface area contributed by atoms with E-state index >= 15 is 0 Å². The van der Waals surface area contributed by atoms with Gasteiger partial charge in [0.2, 0.25) is 5.91 Å². The predicted octanol–water partition coefficient (Wildman–Crippen LogP) is -9.53. The Morgan fingerprint density at radius 3 is 2.10 bits per heavy atom. The molecule has 20 N–H and O–H groups in total. The molecule has 0 aromatic carbocycles. The van der Waals surface area contributed by atoms with Gasteiger partial charge in [0.1, 0.15) is 67.1 Å². The Morgan fingerprint density at radius 1 is 0.905 bits per heavy atom. The lowest BCUT2D eigenvalue weighted by molar-refractivity contribution is -0.319. The highest BCUT2D eigenvalue weighted by molar-refractivity contribution is 5.81. The van der Waals surface area contributed by atoms with Crippen molar-refractivity contribution in [1.82, 2.24) is 5.32 Å². The number of aliphatic hydroxyl groups is 7. The Balaban J connectivity index is 1.91. The molecule has 20 heteroatoms. The molecule has 0 bridgehead atoms. The number of carbonyl (C=O) groups excluding carboxylic acids is 1. The topological polar surface area (TPSA) is 376 Å². The van der Waals surface area contributed by atoms with Crippen LogP contribution in [0.25, 0.3) is 0 Å². The highest BCUT2D eigenvalue weighted by Crippen LogP contribution is 2.32. The third kappa shape index (κ3) is 7.43. The van der Waals surface area contributed by atoms with Gasteiger partial charge < -0.3 is 94.4 Å². The molecule has 0 radical (unpaired) electrons. The molecule has 0 aromatic heterocycles. The van der Waals surface area contributed by atoms with E-state index in [4.69, 9.17) is 53.3 Å². The first kappa shape index (κ1) is 34.6. The minimum Gasteiger partial charge on any atom is -0.394 e. The first-order valence-corrected chi connectivity index (χ1v) is 13.4. The highest BCUT2D eigenvalue weighted by atomic mass is 16.7. The van der Waals surface area contributed by atoms with Gasteiger partial charge in [-0.3, -0.25) is 4.79 Å². The van der Waals surface area contributed by atoms with Crippen LogP contribution in [0.2, 0.25) is 0 Å². The highest BCUT2D eigenvalue weighted by Gasteiger charge is 2.53. The van der Waals surface area contributed by atoms with Gasteiger partial charge in [0.25, 0.3) is 0 Å². The molecular weight excluding hydrogens is 568 g/mol. The molecule has 16 atom stereocenters. The molecule has 16 unspecified atom stereocenters. The molecule has 2 saturated heterocycles. The van der Waals surface area contributed by atoms with Crippen molar-refractivity contribution in [2.75, 3.05) is 19.7 Å². The number of aliphatic hydroxyl groups excluding tert-OH is 7. The van der Waals surface area contributed by atoms with Gasteiger partial charge in [-0.1, -0.05) is 0 Å². The Kier molecular flexibility index (Phi) is 12.2. The van der Waals surface area contributed by atoms with Gasteiger partial charge in [-0.2, -0.15) is 0 Å². The second kappa shape index (κ2) is 14.7. The molecule has 3 fully saturated rings. The fourth-order valence-corrected chi connectivity index (χ4v) is 5.19. The Morgan fingerprint density at radius 2 is 1.52 bits per heavy atom. The third-order valence-corrected chi connectivity index (χ3v) is 7.59. The summed E-state index contributed by atoms with van der Waals surface area (Å²) in [4.78, 5) is 16.4. The van der Waals surface area contributed by atoms with Crippen LogP contribution in [-0.2, 0) is 23.7 Å². The average Bonchev–Trinajstić information content (AvgIpc) is 2.95. The van der Waals surface area contributed by atoms with Crippen LogP contribution < -0.4 is 39.7 Å². The number of nitrogens with one attached hydrogen (secondary N) is 1. The fraction of sp³-hybridized carbons (Fsp3) is 0.909. The van der Waals surface area contributed by atoms with Crippen molar-refractivity contribution in [2.45, 2.75) is 104 Å². The van der Waals surface area contributed by atoms with Crippen LogP contribution in [0.4, 0.5) is 0 Å². The normalized spacial score (nSPS) is 45.2. The molecule has 1 saturated carbocycles. The number of carbonyl (C=O) groups is 1. The van der Waals surface area contributed by atoms with E-state index in [0.717, 1.165) is 0 Å². The zero-order valence-corrected chi connectivity index (χ0v) is 22.6. The number of ether oxygens (including phenoxy) is 4. The summed E-state index contributed by atoms with van der Waals surface area (Å²) in [5.41, 5.74) is 34.2. The average molecular weight is 613 g/mol. The predicted molar refractivity (Wildman–Crippen MR) is 140 cm³/mol. The third-order valence-electron chi connectivity index (χ3n) is 7.59. The molecule has 1 amide bonds. The lowest BCUT2D eigenvalue weighted by Gasteiger charge is -2.49. The van der Waals surface area contributed by atoms with Gasteiger partial charge in [0, 0.05) is 19.1 Å². The first-order valence-electron chi connectivity index (χ1n) is 13.4. The van der Waals surface area contributed by atoms with E-state index in [0.29, 0.717) is 0 Å². The van der Waals surface area contributed by atoms with Gasteiger partial charge in [-0.25, -0.2) is 4.99 Å². The molecule has 3 rings (SSSR count). The zero-order valence-electron chi connectivity index (χ0n) is 22.6. The number of aliphatic imine (C=N–C) groups is 1. The quantitative estimate of drug-likeness (QED) is 0.0803. The summed E-state index contributed by atoms with van der Waals surface area (Å²) in [6.07, 6.45) is -18.0. The van der Waals surface area contributed by atoms with Gasteiger partial charge in [-0.05, 0) is 6.42 Å². The number of hydrogen-bond acceptors (Lipinski definition) is 17. The summed E-state index contributed by atoms with van der Waals surface area (Å²) in [7, 11) is 0. The maximum atomic E-state index is 12.5. The molecule has 3 aliphatic rings. The van der Waals surface area contributed by atoms with Gasteiger partial charge in [0.15, 0.2) is 18.5 Å². The molecule has 0 aromatic rings. The summed E-state index contributed by atoms with van der Waals surface area (Å²) in [6, 6.07) is -4.88. The standard InChI is InChI=1S/C22H44N8O12/c23-2-7(32)19(38)29-6-1-5(25)17(41-20-11(30-22(27)28)15(36)13(34)8(3-24)39-20)16(37)18(6)42-21-14(35)10(26)12(33)9(4-31)40-21/h5-18,20-21,31-37H,1-4,23-26H2,(H,29,38)(H4,27,28,30). The van der Waals surface area contributed by atoms with Crippen LogP contribution in [0.5, 0.6) is 0 Å². The monoisotopic (exact) mass is 612 g/mol. The van der Waals surface area contributed by atoms with Crippen LogP contribution in [0.1, 0.15) is 6.42 Å². The summed E-state index contributed by atoms with van der Waals surface area (Å²) in [5, 5.41) is 75.2. The molecular formula is C22H44N8O12. The van der Waals surface area contributed by atoms with Crippen LogP contribution in [-0.4, -0.2) is 165 Å². The van der Waals surface area contributed by atoms with Gasteiger partial charge in [0.05, 0.1) is 18.7 Å². The van der Waals surface area contributed by atoms with E-state index < -0.39 is 123 Å². The summed E-state index contributed by atoms with van der Waals surface area (Å²) in [6.45, 7) is -1.33. The van der Waals surface area contributed by atoms with E-state index in [9.17, 15) is 40.5 Å². The molecule has 0 spiro atoms. The van der Waals surface area contributed by atoms with Crippen molar-refractivity contribution in [3.8, 4) is 0 Å². The van der Waals surface area contributed by atoms with Gasteiger partial charge >= 0.3 is 0 Å². The Bertz CT molecular complexity index is 919. The SMILES string of the molecule is NCC(O)C(=O)NC1CC(N)C(OC2OC(CN)C(O)C(O)C2N=C(N)N)C(O)C1OC1OC(CO)C(O)C(N)C1O. The number of amides is 1. The van der Waals surface area contributed by atoms with Crippen molar-refractivity contribution in [3.63, 3.8) is 0 Å². The van der Waals surface area contributed by atoms with Crippen LogP contribution >= 0.6 is 0 Å². The van der Waals surface area contributed by atoms with Crippen LogP contribution in [0.15, 0.2) is 4.99 Å². The van der Waals surface area contributed by atoms with Crippen LogP contribution in [0, 0.1) is 0 Å². The number of guanidine groups is 1. The molecule has 2 heterocycles. The Labute approximate surface area is 240 Å². The lowest BCUT2D eigenvalue weighted by Crippen LogP contribution is -2.69.